The van der Waals surface area contributed by atoms with Crippen molar-refractivity contribution >= 4 is 18.2 Å². The number of carboxylic acid groups (broad SMARTS) is 1. The summed E-state index contributed by atoms with van der Waals surface area (Å²) in [5.41, 5.74) is 0. The highest BCUT2D eigenvalue weighted by molar-refractivity contribution is 5.87. The molecule has 0 aromatic heterocycles. The molecular weight excluding hydrogens is 272 g/mol. The van der Waals surface area contributed by atoms with Gasteiger partial charge in [-0.2, -0.15) is 0 Å². The van der Waals surface area contributed by atoms with Crippen LogP contribution in [0.15, 0.2) is 0 Å². The summed E-state index contributed by atoms with van der Waals surface area (Å²) in [6.45, 7) is 7.97. The van der Waals surface area contributed by atoms with Crippen LogP contribution in [0.5, 0.6) is 0 Å². The van der Waals surface area contributed by atoms with Crippen LogP contribution in [0.4, 0.5) is 0 Å². The molecule has 0 aromatic rings. The van der Waals surface area contributed by atoms with Gasteiger partial charge in [-0.15, -0.1) is 0 Å². The zero-order valence-electron chi connectivity index (χ0n) is 13.8. The quantitative estimate of drug-likeness (QED) is 0.289. The summed E-state index contributed by atoms with van der Waals surface area (Å²) in [5, 5.41) is 8.60. The molecule has 0 fully saturated rings. The summed E-state index contributed by atoms with van der Waals surface area (Å²) in [7, 11) is 0. The number of rotatable bonds is 10. The van der Waals surface area contributed by atoms with Crippen LogP contribution in [-0.4, -0.2) is 29.9 Å². The Kier molecular flexibility index (Phi) is 15.7. The highest BCUT2D eigenvalue weighted by Gasteiger charge is 2.13. The Morgan fingerprint density at radius 3 is 2.10 bits per heavy atom. The molecule has 0 radical (unpaired) electrons. The molecule has 21 heavy (non-hydrogen) atoms. The van der Waals surface area contributed by atoms with Crippen LogP contribution in [0.25, 0.3) is 0 Å². The van der Waals surface area contributed by atoms with Gasteiger partial charge in [-0.1, -0.05) is 40.0 Å². The highest BCUT2D eigenvalue weighted by atomic mass is 16.5. The Morgan fingerprint density at radius 1 is 1.14 bits per heavy atom. The van der Waals surface area contributed by atoms with E-state index in [-0.39, 0.29) is 5.92 Å². The first kappa shape index (κ1) is 21.9. The number of unbranched alkanes of at least 4 members (excludes halogenated alkanes) is 2. The predicted octanol–water partition coefficient (Wildman–Crippen LogP) is 3.45. The molecule has 0 aliphatic carbocycles. The number of carbonyl (C=O) groups excluding carboxylic acids is 2. The van der Waals surface area contributed by atoms with E-state index in [1.54, 1.807) is 0 Å². The van der Waals surface area contributed by atoms with Crippen LogP contribution >= 0.6 is 0 Å². The van der Waals surface area contributed by atoms with Crippen molar-refractivity contribution < 1.29 is 24.2 Å². The third kappa shape index (κ3) is 13.4. The first-order valence-electron chi connectivity index (χ1n) is 7.79. The maximum Gasteiger partial charge on any atom is 0.315 e. The zero-order chi connectivity index (χ0) is 16.7. The van der Waals surface area contributed by atoms with Crippen LogP contribution in [0.3, 0.4) is 0 Å². The molecule has 0 aliphatic heterocycles. The Labute approximate surface area is 128 Å². The molecule has 0 saturated carbocycles. The van der Waals surface area contributed by atoms with Crippen molar-refractivity contribution in [3.05, 3.63) is 0 Å². The van der Waals surface area contributed by atoms with E-state index in [0.29, 0.717) is 12.9 Å². The van der Waals surface area contributed by atoms with Crippen molar-refractivity contribution in [2.24, 2.45) is 11.8 Å². The molecule has 2 atom stereocenters. The lowest BCUT2D eigenvalue weighted by atomic mass is 10.00. The number of esters is 1. The minimum atomic E-state index is -0.643. The topological polar surface area (TPSA) is 80.7 Å². The van der Waals surface area contributed by atoms with Crippen molar-refractivity contribution in [2.75, 3.05) is 6.61 Å². The second-order valence-electron chi connectivity index (χ2n) is 5.03. The zero-order valence-corrected chi connectivity index (χ0v) is 13.8. The predicted molar refractivity (Wildman–Crippen MR) is 82.0 cm³/mol. The van der Waals surface area contributed by atoms with Crippen molar-refractivity contribution in [2.45, 2.75) is 66.2 Å². The van der Waals surface area contributed by atoms with E-state index >= 15 is 0 Å². The SMILES string of the molecule is CCCCC(CC)C(=O)O.CCCCOC(=O)C(C)C=O. The van der Waals surface area contributed by atoms with E-state index in [0.717, 1.165) is 38.5 Å². The van der Waals surface area contributed by atoms with Gasteiger partial charge >= 0.3 is 11.9 Å². The Bertz CT molecular complexity index is 288. The summed E-state index contributed by atoms with van der Waals surface area (Å²) in [6, 6.07) is 0. The van der Waals surface area contributed by atoms with Gasteiger partial charge in [0.2, 0.25) is 0 Å². The van der Waals surface area contributed by atoms with E-state index in [1.165, 1.54) is 6.92 Å². The third-order valence-electron chi connectivity index (χ3n) is 3.07. The maximum atomic E-state index is 10.8. The van der Waals surface area contributed by atoms with Crippen molar-refractivity contribution in [3.8, 4) is 0 Å². The Balaban J connectivity index is 0. The van der Waals surface area contributed by atoms with Crippen molar-refractivity contribution in [3.63, 3.8) is 0 Å². The van der Waals surface area contributed by atoms with Crippen LogP contribution in [-0.2, 0) is 19.1 Å². The number of aliphatic carboxylic acids is 1. The number of hydrogen-bond donors (Lipinski definition) is 1. The van der Waals surface area contributed by atoms with Gasteiger partial charge in [0.15, 0.2) is 0 Å². The number of aldehydes is 1. The second-order valence-corrected chi connectivity index (χ2v) is 5.03. The lowest BCUT2D eigenvalue weighted by molar-refractivity contribution is -0.149. The van der Waals surface area contributed by atoms with Crippen LogP contribution in [0.2, 0.25) is 0 Å². The second kappa shape index (κ2) is 15.0. The van der Waals surface area contributed by atoms with Gasteiger partial charge in [0, 0.05) is 0 Å². The van der Waals surface area contributed by atoms with Gasteiger partial charge < -0.3 is 14.6 Å². The van der Waals surface area contributed by atoms with E-state index < -0.39 is 17.9 Å². The molecule has 124 valence electrons. The molecule has 0 spiro atoms. The molecule has 0 aliphatic rings. The van der Waals surface area contributed by atoms with Crippen LogP contribution in [0.1, 0.15) is 66.2 Å². The number of carbonyl (C=O) groups is 3. The molecule has 0 bridgehead atoms. The Morgan fingerprint density at radius 2 is 1.71 bits per heavy atom. The van der Waals surface area contributed by atoms with Gasteiger partial charge in [0.1, 0.15) is 12.2 Å². The Hall–Kier alpha value is -1.39. The largest absolute Gasteiger partial charge is 0.481 e. The number of ether oxygens (including phenoxy) is 1. The molecule has 5 nitrogen and oxygen atoms in total. The highest BCUT2D eigenvalue weighted by Crippen LogP contribution is 2.11. The molecule has 0 aromatic carbocycles. The average Bonchev–Trinajstić information content (AvgIpc) is 2.47. The van der Waals surface area contributed by atoms with Gasteiger partial charge in [-0.3, -0.25) is 9.59 Å². The maximum absolute atomic E-state index is 10.8. The van der Waals surface area contributed by atoms with Crippen LogP contribution in [0, 0.1) is 11.8 Å². The van der Waals surface area contributed by atoms with E-state index in [4.69, 9.17) is 9.84 Å². The van der Waals surface area contributed by atoms with Gasteiger partial charge in [0.05, 0.1) is 12.5 Å². The van der Waals surface area contributed by atoms with Crippen LogP contribution < -0.4 is 0 Å². The molecule has 0 amide bonds. The summed E-state index contributed by atoms with van der Waals surface area (Å²) in [4.78, 5) is 31.3. The lowest BCUT2D eigenvalue weighted by Crippen LogP contribution is -2.16. The molecular formula is C16H30O5. The van der Waals surface area contributed by atoms with E-state index in [9.17, 15) is 14.4 Å². The molecule has 1 N–H and O–H groups in total. The monoisotopic (exact) mass is 302 g/mol. The number of hydrogen-bond acceptors (Lipinski definition) is 4. The normalized spacial score (nSPS) is 12.6. The van der Waals surface area contributed by atoms with Crippen molar-refractivity contribution in [1.29, 1.82) is 0 Å². The average molecular weight is 302 g/mol. The van der Waals surface area contributed by atoms with Gasteiger partial charge in [0.25, 0.3) is 0 Å². The minimum absolute atomic E-state index is 0.111. The standard InChI is InChI=1S/C8H14O3.C8H16O2/c1-3-4-5-11-8(10)7(2)6-9;1-3-5-6-7(4-2)8(9)10/h6-7H,3-5H2,1-2H3;7H,3-6H2,1-2H3,(H,9,10). The first-order valence-corrected chi connectivity index (χ1v) is 7.79. The van der Waals surface area contributed by atoms with Gasteiger partial charge in [-0.05, 0) is 26.2 Å². The van der Waals surface area contributed by atoms with Gasteiger partial charge in [-0.25, -0.2) is 0 Å². The molecule has 0 heterocycles. The smallest absolute Gasteiger partial charge is 0.315 e. The summed E-state index contributed by atoms with van der Waals surface area (Å²) < 4.78 is 4.76. The fraction of sp³-hybridized carbons (Fsp3) is 0.812. The molecule has 0 rings (SSSR count). The minimum Gasteiger partial charge on any atom is -0.481 e. The summed E-state index contributed by atoms with van der Waals surface area (Å²) >= 11 is 0. The van der Waals surface area contributed by atoms with Crippen molar-refractivity contribution in [1.82, 2.24) is 0 Å². The van der Waals surface area contributed by atoms with E-state index in [2.05, 4.69) is 6.92 Å². The number of carboxylic acids is 1. The summed E-state index contributed by atoms with van der Waals surface area (Å²) in [5.74, 6) is -1.80. The third-order valence-corrected chi connectivity index (χ3v) is 3.07. The van der Waals surface area contributed by atoms with E-state index in [1.807, 2.05) is 13.8 Å². The lowest BCUT2D eigenvalue weighted by Gasteiger charge is -2.06. The first-order chi connectivity index (χ1) is 9.94. The molecule has 0 saturated heterocycles. The summed E-state index contributed by atoms with van der Waals surface area (Å²) in [6.07, 6.45) is 6.15. The fourth-order valence-corrected chi connectivity index (χ4v) is 1.46. The fourth-order valence-electron chi connectivity index (χ4n) is 1.46. The molecule has 2 unspecified atom stereocenters. The molecule has 5 heteroatoms.